The second-order valence-corrected chi connectivity index (χ2v) is 4.34. The van der Waals surface area contributed by atoms with Crippen molar-refractivity contribution in [1.29, 1.82) is 0 Å². The summed E-state index contributed by atoms with van der Waals surface area (Å²) >= 11 is 0. The van der Waals surface area contributed by atoms with E-state index in [9.17, 15) is 14.4 Å². The summed E-state index contributed by atoms with van der Waals surface area (Å²) in [6.07, 6.45) is 1.91. The van der Waals surface area contributed by atoms with Crippen LogP contribution in [0.15, 0.2) is 0 Å². The molecule has 1 rings (SSSR count). The first-order valence-corrected chi connectivity index (χ1v) is 5.62. The Morgan fingerprint density at radius 3 is 2.56 bits per heavy atom. The van der Waals surface area contributed by atoms with E-state index in [4.69, 9.17) is 0 Å². The maximum absolute atomic E-state index is 11.7. The Bertz CT molecular complexity index is 304. The minimum atomic E-state index is -0.124. The van der Waals surface area contributed by atoms with Gasteiger partial charge in [-0.1, -0.05) is 0 Å². The van der Waals surface area contributed by atoms with Crippen molar-refractivity contribution in [2.24, 2.45) is 5.92 Å². The number of hydrogen-bond donors (Lipinski definition) is 0. The van der Waals surface area contributed by atoms with Crippen LogP contribution in [-0.4, -0.2) is 42.6 Å². The Morgan fingerprint density at radius 2 is 2.00 bits per heavy atom. The third kappa shape index (κ3) is 3.79. The average molecular weight is 222 g/mol. The van der Waals surface area contributed by atoms with Gasteiger partial charge in [0.2, 0.25) is 7.28 Å². The Labute approximate surface area is 96.6 Å². The largest absolute Gasteiger partial charge is 0.351 e. The van der Waals surface area contributed by atoms with Gasteiger partial charge in [0, 0.05) is 19.0 Å². The molecule has 0 bridgehead atoms. The normalized spacial score (nSPS) is 20.4. The van der Waals surface area contributed by atoms with Crippen LogP contribution in [0.5, 0.6) is 0 Å². The molecule has 4 nitrogen and oxygen atoms in total. The lowest BCUT2D eigenvalue weighted by molar-refractivity contribution is -0.122. The van der Waals surface area contributed by atoms with Crippen LogP contribution in [0.25, 0.3) is 0 Å². The van der Waals surface area contributed by atoms with Gasteiger partial charge in [0.25, 0.3) is 0 Å². The summed E-state index contributed by atoms with van der Waals surface area (Å²) < 4.78 is 0. The van der Waals surface area contributed by atoms with E-state index in [1.165, 1.54) is 14.2 Å². The number of rotatable bonds is 4. The first kappa shape index (κ1) is 12.9. The Morgan fingerprint density at radius 1 is 1.31 bits per heavy atom. The molecule has 0 saturated carbocycles. The summed E-state index contributed by atoms with van der Waals surface area (Å²) in [5.41, 5.74) is 0. The third-order valence-electron chi connectivity index (χ3n) is 2.87. The van der Waals surface area contributed by atoms with Crippen LogP contribution in [0.3, 0.4) is 0 Å². The monoisotopic (exact) mass is 222 g/mol. The Hall–Kier alpha value is -1.13. The van der Waals surface area contributed by atoms with Crippen molar-refractivity contribution in [3.63, 3.8) is 0 Å². The van der Waals surface area contributed by atoms with Gasteiger partial charge in [-0.25, -0.2) is 0 Å². The van der Waals surface area contributed by atoms with Crippen molar-refractivity contribution in [2.75, 3.05) is 13.1 Å². The lowest BCUT2D eigenvalue weighted by atomic mass is 9.71. The molecular formula is C11H17BNO3. The third-order valence-corrected chi connectivity index (χ3v) is 2.87. The molecule has 1 atom stereocenters. The lowest BCUT2D eigenvalue weighted by Crippen LogP contribution is -2.43. The zero-order chi connectivity index (χ0) is 12.1. The highest BCUT2D eigenvalue weighted by Gasteiger charge is 2.26. The molecule has 0 spiro atoms. The van der Waals surface area contributed by atoms with Gasteiger partial charge in [0.15, 0.2) is 5.81 Å². The van der Waals surface area contributed by atoms with E-state index < -0.39 is 0 Å². The summed E-state index contributed by atoms with van der Waals surface area (Å²) in [4.78, 5) is 35.3. The summed E-state index contributed by atoms with van der Waals surface area (Å²) in [7, 11) is 1.41. The fraction of sp³-hybridized carbons (Fsp3) is 0.727. The summed E-state index contributed by atoms with van der Waals surface area (Å²) in [6.45, 7) is 4.22. The average Bonchev–Trinajstić information content (AvgIpc) is 2.26. The number of amides is 1. The van der Waals surface area contributed by atoms with Crippen LogP contribution in [0.1, 0.15) is 26.7 Å². The van der Waals surface area contributed by atoms with Gasteiger partial charge in [-0.05, 0) is 33.0 Å². The van der Waals surface area contributed by atoms with E-state index in [1.54, 1.807) is 11.8 Å². The van der Waals surface area contributed by atoms with E-state index in [-0.39, 0.29) is 29.6 Å². The minimum absolute atomic E-state index is 0.0199. The summed E-state index contributed by atoms with van der Waals surface area (Å²) in [6, 6.07) is 0. The van der Waals surface area contributed by atoms with Gasteiger partial charge in [-0.3, -0.25) is 9.59 Å². The van der Waals surface area contributed by atoms with Crippen molar-refractivity contribution >= 4 is 24.7 Å². The molecule has 0 aliphatic carbocycles. The fourth-order valence-electron chi connectivity index (χ4n) is 1.87. The molecule has 16 heavy (non-hydrogen) atoms. The van der Waals surface area contributed by atoms with Crippen molar-refractivity contribution in [3.8, 4) is 0 Å². The van der Waals surface area contributed by atoms with Crippen molar-refractivity contribution < 1.29 is 14.4 Å². The summed E-state index contributed by atoms with van der Waals surface area (Å²) in [5.74, 6) is -0.0258. The molecule has 1 aliphatic rings. The number of piperidine rings is 1. The van der Waals surface area contributed by atoms with Crippen LogP contribution >= 0.6 is 0 Å². The Kier molecular flexibility index (Phi) is 4.71. The molecule has 1 heterocycles. The molecule has 87 valence electrons. The smallest absolute Gasteiger partial charge is 0.240 e. The zero-order valence-electron chi connectivity index (χ0n) is 9.86. The van der Waals surface area contributed by atoms with E-state index in [1.807, 2.05) is 0 Å². The van der Waals surface area contributed by atoms with Gasteiger partial charge in [0.1, 0.15) is 11.6 Å². The predicted molar refractivity (Wildman–Crippen MR) is 61.6 cm³/mol. The summed E-state index contributed by atoms with van der Waals surface area (Å²) in [5, 5.41) is 0. The first-order chi connectivity index (χ1) is 7.50. The molecule has 1 saturated heterocycles. The standard InChI is InChI=1S/C11H17BNO3/c1-8(14)6-12-11(16)13-5-3-4-10(7-13)9(2)15/h10H,3-7H2,1-2H3. The molecule has 1 aliphatic heterocycles. The van der Waals surface area contributed by atoms with Crippen LogP contribution in [-0.2, 0) is 9.59 Å². The quantitative estimate of drug-likeness (QED) is 0.669. The van der Waals surface area contributed by atoms with Crippen molar-refractivity contribution in [3.05, 3.63) is 0 Å². The highest BCUT2D eigenvalue weighted by atomic mass is 16.2. The van der Waals surface area contributed by atoms with Gasteiger partial charge >= 0.3 is 0 Å². The number of hydrogen-bond acceptors (Lipinski definition) is 3. The molecule has 1 radical (unpaired) electrons. The van der Waals surface area contributed by atoms with Crippen molar-refractivity contribution in [2.45, 2.75) is 33.0 Å². The number of likely N-dealkylation sites (tertiary alicyclic amines) is 1. The molecule has 1 unspecified atom stereocenters. The zero-order valence-corrected chi connectivity index (χ0v) is 9.86. The van der Waals surface area contributed by atoms with E-state index in [0.717, 1.165) is 12.8 Å². The molecule has 0 N–H and O–H groups in total. The number of ketones is 2. The van der Waals surface area contributed by atoms with Crippen LogP contribution in [0, 0.1) is 5.92 Å². The molecule has 1 amide bonds. The van der Waals surface area contributed by atoms with Gasteiger partial charge in [-0.2, -0.15) is 0 Å². The number of Topliss-reactive ketones (excluding diaryl/α,β-unsaturated/α-hetero) is 2. The lowest BCUT2D eigenvalue weighted by Gasteiger charge is -2.31. The highest BCUT2D eigenvalue weighted by Crippen LogP contribution is 2.17. The molecule has 5 heteroatoms. The molecule has 1 fully saturated rings. The molecule has 0 aromatic heterocycles. The maximum Gasteiger partial charge on any atom is 0.240 e. The number of nitrogens with zero attached hydrogens (tertiary/aromatic N) is 1. The first-order valence-electron chi connectivity index (χ1n) is 5.62. The van der Waals surface area contributed by atoms with Crippen LogP contribution < -0.4 is 0 Å². The van der Waals surface area contributed by atoms with Gasteiger partial charge < -0.3 is 9.69 Å². The van der Waals surface area contributed by atoms with Gasteiger partial charge in [0.05, 0.1) is 0 Å². The second kappa shape index (κ2) is 5.82. The van der Waals surface area contributed by atoms with Crippen molar-refractivity contribution in [1.82, 2.24) is 4.90 Å². The predicted octanol–water partition coefficient (Wildman–Crippen LogP) is 1.12. The maximum atomic E-state index is 11.7. The van der Waals surface area contributed by atoms with Gasteiger partial charge in [-0.15, -0.1) is 0 Å². The highest BCUT2D eigenvalue weighted by molar-refractivity contribution is 6.75. The molecule has 0 aromatic carbocycles. The Balaban J connectivity index is 2.43. The number of carbonyl (C=O) groups is 3. The fourth-order valence-corrected chi connectivity index (χ4v) is 1.87. The van der Waals surface area contributed by atoms with Crippen LogP contribution in [0.2, 0.25) is 6.32 Å². The SMILES string of the molecule is CC(=O)C[B]C(=O)N1CCCC(C(C)=O)C1. The molecule has 0 aromatic rings. The van der Waals surface area contributed by atoms with E-state index in [0.29, 0.717) is 13.1 Å². The number of carbonyl (C=O) groups excluding carboxylic acids is 3. The van der Waals surface area contributed by atoms with E-state index >= 15 is 0 Å². The minimum Gasteiger partial charge on any atom is -0.351 e. The topological polar surface area (TPSA) is 54.5 Å². The van der Waals surface area contributed by atoms with E-state index in [2.05, 4.69) is 0 Å². The molecular weight excluding hydrogens is 205 g/mol. The second-order valence-electron chi connectivity index (χ2n) is 4.34. The van der Waals surface area contributed by atoms with Crippen LogP contribution in [0.4, 0.5) is 4.79 Å².